The third-order valence-electron chi connectivity index (χ3n) is 3.82. The summed E-state index contributed by atoms with van der Waals surface area (Å²) in [4.78, 5) is 0. The van der Waals surface area contributed by atoms with Crippen LogP contribution >= 0.6 is 11.3 Å². The number of nitrogens with one attached hydrogen (secondary N) is 1. The zero-order valence-corrected chi connectivity index (χ0v) is 12.4. The predicted octanol–water partition coefficient (Wildman–Crippen LogP) is 5.67. The second kappa shape index (κ2) is 5.23. The van der Waals surface area contributed by atoms with E-state index in [4.69, 9.17) is 0 Å². The Bertz CT molecular complexity index is 902. The minimum Gasteiger partial charge on any atom is -0.381 e. The molecule has 0 atom stereocenters. The first-order chi connectivity index (χ1) is 10.4. The van der Waals surface area contributed by atoms with E-state index in [1.807, 2.05) is 0 Å². The summed E-state index contributed by atoms with van der Waals surface area (Å²) in [6.45, 7) is 0.844. The van der Waals surface area contributed by atoms with Crippen molar-refractivity contribution in [2.75, 3.05) is 5.32 Å². The number of anilines is 1. The van der Waals surface area contributed by atoms with Crippen LogP contribution in [0.15, 0.2) is 72.1 Å². The lowest BCUT2D eigenvalue weighted by Crippen LogP contribution is -1.99. The first-order valence-electron chi connectivity index (χ1n) is 7.08. The summed E-state index contributed by atoms with van der Waals surface area (Å²) in [7, 11) is 0. The summed E-state index contributed by atoms with van der Waals surface area (Å²) in [6, 6.07) is 23.8. The van der Waals surface area contributed by atoms with Crippen molar-refractivity contribution in [1.29, 1.82) is 0 Å². The SMILES string of the molecule is c1ccc2c(CNc3ccc4sccc4c3)cccc2c1. The second-order valence-corrected chi connectivity index (χ2v) is 6.11. The summed E-state index contributed by atoms with van der Waals surface area (Å²) in [5, 5.41) is 9.61. The Morgan fingerprint density at radius 3 is 2.71 bits per heavy atom. The number of hydrogen-bond donors (Lipinski definition) is 1. The Morgan fingerprint density at radius 2 is 1.71 bits per heavy atom. The highest BCUT2D eigenvalue weighted by molar-refractivity contribution is 7.17. The summed E-state index contributed by atoms with van der Waals surface area (Å²) in [6.07, 6.45) is 0. The quantitative estimate of drug-likeness (QED) is 0.512. The molecule has 2 heteroatoms. The van der Waals surface area contributed by atoms with Gasteiger partial charge in [0.15, 0.2) is 0 Å². The predicted molar refractivity (Wildman–Crippen MR) is 93.1 cm³/mol. The standard InChI is InChI=1S/C19H15NS/c1-2-7-18-14(4-1)5-3-6-16(18)13-20-17-8-9-19-15(12-17)10-11-21-19/h1-12,20H,13H2. The molecule has 3 aromatic carbocycles. The maximum Gasteiger partial charge on any atom is 0.0406 e. The molecule has 0 saturated heterocycles. The fourth-order valence-electron chi connectivity index (χ4n) is 2.72. The lowest BCUT2D eigenvalue weighted by Gasteiger charge is -2.09. The molecule has 0 radical (unpaired) electrons. The maximum absolute atomic E-state index is 3.54. The molecule has 0 bridgehead atoms. The summed E-state index contributed by atoms with van der Waals surface area (Å²) in [5.74, 6) is 0. The topological polar surface area (TPSA) is 12.0 Å². The van der Waals surface area contributed by atoms with Gasteiger partial charge in [0.1, 0.15) is 0 Å². The van der Waals surface area contributed by atoms with E-state index in [0.29, 0.717) is 0 Å². The summed E-state index contributed by atoms with van der Waals surface area (Å²) >= 11 is 1.78. The van der Waals surface area contributed by atoms with Gasteiger partial charge in [0, 0.05) is 16.9 Å². The van der Waals surface area contributed by atoms with Crippen molar-refractivity contribution in [3.05, 3.63) is 77.7 Å². The molecule has 1 aromatic heterocycles. The zero-order chi connectivity index (χ0) is 14.1. The van der Waals surface area contributed by atoms with Gasteiger partial charge < -0.3 is 5.32 Å². The third-order valence-corrected chi connectivity index (χ3v) is 4.71. The van der Waals surface area contributed by atoms with E-state index in [1.54, 1.807) is 11.3 Å². The fraction of sp³-hybridized carbons (Fsp3) is 0.0526. The lowest BCUT2D eigenvalue weighted by molar-refractivity contribution is 1.17. The van der Waals surface area contributed by atoms with E-state index in [2.05, 4.69) is 77.4 Å². The average molecular weight is 289 g/mol. The minimum absolute atomic E-state index is 0.844. The Labute approximate surface area is 127 Å². The normalized spacial score (nSPS) is 11.0. The monoisotopic (exact) mass is 289 g/mol. The van der Waals surface area contributed by atoms with Gasteiger partial charge in [-0.2, -0.15) is 0 Å². The molecule has 1 nitrogen and oxygen atoms in total. The van der Waals surface area contributed by atoms with Crippen LogP contribution in [0.1, 0.15) is 5.56 Å². The van der Waals surface area contributed by atoms with Crippen LogP contribution in [0.5, 0.6) is 0 Å². The van der Waals surface area contributed by atoms with Gasteiger partial charge in [0.05, 0.1) is 0 Å². The molecular formula is C19H15NS. The Kier molecular flexibility index (Phi) is 3.09. The molecule has 0 aliphatic heterocycles. The smallest absolute Gasteiger partial charge is 0.0406 e. The van der Waals surface area contributed by atoms with Crippen molar-refractivity contribution < 1.29 is 0 Å². The molecular weight excluding hydrogens is 274 g/mol. The van der Waals surface area contributed by atoms with Gasteiger partial charge in [-0.05, 0) is 51.4 Å². The van der Waals surface area contributed by atoms with Crippen molar-refractivity contribution >= 4 is 37.9 Å². The summed E-state index contributed by atoms with van der Waals surface area (Å²) < 4.78 is 1.34. The van der Waals surface area contributed by atoms with E-state index in [0.717, 1.165) is 6.54 Å². The average Bonchev–Trinajstić information content (AvgIpc) is 3.00. The Hall–Kier alpha value is -2.32. The third kappa shape index (κ3) is 2.39. The van der Waals surface area contributed by atoms with Gasteiger partial charge in [-0.1, -0.05) is 42.5 Å². The lowest BCUT2D eigenvalue weighted by atomic mass is 10.0. The number of fused-ring (bicyclic) bond motifs is 2. The van der Waals surface area contributed by atoms with Gasteiger partial charge in [0.2, 0.25) is 0 Å². The van der Waals surface area contributed by atoms with Crippen molar-refractivity contribution in [1.82, 2.24) is 0 Å². The molecule has 0 aliphatic rings. The van der Waals surface area contributed by atoms with Gasteiger partial charge >= 0.3 is 0 Å². The highest BCUT2D eigenvalue weighted by Crippen LogP contribution is 2.25. The number of thiophene rings is 1. The molecule has 0 aliphatic carbocycles. The van der Waals surface area contributed by atoms with Crippen LogP contribution < -0.4 is 5.32 Å². The van der Waals surface area contributed by atoms with Gasteiger partial charge in [0.25, 0.3) is 0 Å². The molecule has 102 valence electrons. The molecule has 0 unspecified atom stereocenters. The van der Waals surface area contributed by atoms with Crippen molar-refractivity contribution in [2.24, 2.45) is 0 Å². The second-order valence-electron chi connectivity index (χ2n) is 5.17. The van der Waals surface area contributed by atoms with Crippen LogP contribution in [0.4, 0.5) is 5.69 Å². The first kappa shape index (κ1) is 12.4. The van der Waals surface area contributed by atoms with Gasteiger partial charge in [-0.3, -0.25) is 0 Å². The highest BCUT2D eigenvalue weighted by atomic mass is 32.1. The van der Waals surface area contributed by atoms with E-state index < -0.39 is 0 Å². The molecule has 4 aromatic rings. The number of hydrogen-bond acceptors (Lipinski definition) is 2. The van der Waals surface area contributed by atoms with Crippen LogP contribution in [0.25, 0.3) is 20.9 Å². The van der Waals surface area contributed by atoms with Crippen LogP contribution in [0.3, 0.4) is 0 Å². The number of rotatable bonds is 3. The minimum atomic E-state index is 0.844. The molecule has 0 saturated carbocycles. The molecule has 1 heterocycles. The van der Waals surface area contributed by atoms with E-state index in [-0.39, 0.29) is 0 Å². The van der Waals surface area contributed by atoms with Crippen molar-refractivity contribution in [3.63, 3.8) is 0 Å². The van der Waals surface area contributed by atoms with Gasteiger partial charge in [-0.15, -0.1) is 11.3 Å². The maximum atomic E-state index is 3.54. The largest absolute Gasteiger partial charge is 0.381 e. The van der Waals surface area contributed by atoms with E-state index >= 15 is 0 Å². The molecule has 0 fully saturated rings. The summed E-state index contributed by atoms with van der Waals surface area (Å²) in [5.41, 5.74) is 2.51. The molecule has 0 spiro atoms. The van der Waals surface area contributed by atoms with Crippen LogP contribution in [-0.4, -0.2) is 0 Å². The number of benzene rings is 3. The molecule has 4 rings (SSSR count). The van der Waals surface area contributed by atoms with Crippen molar-refractivity contribution in [2.45, 2.75) is 6.54 Å². The first-order valence-corrected chi connectivity index (χ1v) is 7.96. The van der Waals surface area contributed by atoms with Crippen molar-refractivity contribution in [3.8, 4) is 0 Å². The van der Waals surface area contributed by atoms with E-state index in [1.165, 1.54) is 32.1 Å². The van der Waals surface area contributed by atoms with Crippen LogP contribution in [0, 0.1) is 0 Å². The zero-order valence-electron chi connectivity index (χ0n) is 11.5. The van der Waals surface area contributed by atoms with Crippen LogP contribution in [-0.2, 0) is 6.54 Å². The van der Waals surface area contributed by atoms with Crippen LogP contribution in [0.2, 0.25) is 0 Å². The highest BCUT2D eigenvalue weighted by Gasteiger charge is 2.01. The fourth-order valence-corrected chi connectivity index (χ4v) is 3.49. The molecule has 1 N–H and O–H groups in total. The Morgan fingerprint density at radius 1 is 0.810 bits per heavy atom. The van der Waals surface area contributed by atoms with Gasteiger partial charge in [-0.25, -0.2) is 0 Å². The molecule has 21 heavy (non-hydrogen) atoms. The van der Waals surface area contributed by atoms with E-state index in [9.17, 15) is 0 Å². The molecule has 0 amide bonds. The Balaban J connectivity index is 1.63.